The van der Waals surface area contributed by atoms with Crippen LogP contribution in [0.1, 0.15) is 38.5 Å². The number of aromatic nitrogens is 2. The van der Waals surface area contributed by atoms with E-state index in [2.05, 4.69) is 15.3 Å². The van der Waals surface area contributed by atoms with Crippen LogP contribution in [0.25, 0.3) is 11.3 Å². The van der Waals surface area contributed by atoms with Crippen molar-refractivity contribution in [1.82, 2.24) is 14.9 Å². The molecule has 3 heterocycles. The first-order valence-electron chi connectivity index (χ1n) is 9.08. The second kappa shape index (κ2) is 7.19. The molecule has 0 atom stereocenters. The summed E-state index contributed by atoms with van der Waals surface area (Å²) in [6.45, 7) is 0.133. The molecule has 1 aliphatic carbocycles. The fourth-order valence-corrected chi connectivity index (χ4v) is 4.65. The van der Waals surface area contributed by atoms with Gasteiger partial charge >= 0.3 is 0 Å². The third kappa shape index (κ3) is 3.49. The molecule has 0 aromatic carbocycles. The van der Waals surface area contributed by atoms with E-state index in [9.17, 15) is 14.4 Å². The van der Waals surface area contributed by atoms with Crippen molar-refractivity contribution in [2.75, 3.05) is 11.9 Å². The lowest BCUT2D eigenvalue weighted by atomic mass is 9.84. The number of imide groups is 1. The number of anilines is 1. The molecule has 2 aromatic heterocycles. The summed E-state index contributed by atoms with van der Waals surface area (Å²) in [5, 5.41) is 5.11. The number of carbonyl (C=O) groups excluding carboxylic acids is 3. The lowest BCUT2D eigenvalue weighted by molar-refractivity contribution is -0.141. The predicted molar refractivity (Wildman–Crippen MR) is 101 cm³/mol. The Balaban J connectivity index is 1.33. The molecule has 0 unspecified atom stereocenters. The van der Waals surface area contributed by atoms with E-state index in [4.69, 9.17) is 0 Å². The molecule has 0 bridgehead atoms. The van der Waals surface area contributed by atoms with Gasteiger partial charge in [-0.2, -0.15) is 0 Å². The Morgan fingerprint density at radius 1 is 1.22 bits per heavy atom. The summed E-state index contributed by atoms with van der Waals surface area (Å²) in [6, 6.07) is 3.70. The Morgan fingerprint density at radius 2 is 1.96 bits per heavy atom. The highest BCUT2D eigenvalue weighted by molar-refractivity contribution is 7.14. The normalized spacial score (nSPS) is 18.4. The van der Waals surface area contributed by atoms with Gasteiger partial charge in [-0.05, 0) is 25.0 Å². The molecular weight excluding hydrogens is 364 g/mol. The Hall–Kier alpha value is -2.61. The number of nitrogens with one attached hydrogen (secondary N) is 1. The smallest absolute Gasteiger partial charge is 0.235 e. The van der Waals surface area contributed by atoms with Crippen molar-refractivity contribution in [2.45, 2.75) is 38.5 Å². The minimum Gasteiger partial charge on any atom is -0.302 e. The van der Waals surface area contributed by atoms with Crippen LogP contribution < -0.4 is 5.32 Å². The molecule has 1 saturated heterocycles. The summed E-state index contributed by atoms with van der Waals surface area (Å²) in [7, 11) is 0. The van der Waals surface area contributed by atoms with Crippen molar-refractivity contribution in [2.24, 2.45) is 5.41 Å². The van der Waals surface area contributed by atoms with Crippen LogP contribution in [0.3, 0.4) is 0 Å². The van der Waals surface area contributed by atoms with E-state index in [-0.39, 0.29) is 30.7 Å². The molecule has 2 aromatic rings. The minimum atomic E-state index is -0.484. The highest BCUT2D eigenvalue weighted by atomic mass is 32.1. The second-order valence-corrected chi connectivity index (χ2v) is 7.94. The van der Waals surface area contributed by atoms with Crippen molar-refractivity contribution >= 4 is 34.2 Å². The number of pyridine rings is 1. The summed E-state index contributed by atoms with van der Waals surface area (Å²) in [5.74, 6) is -0.491. The van der Waals surface area contributed by atoms with Crippen LogP contribution in [0.15, 0.2) is 29.9 Å². The molecule has 2 fully saturated rings. The maximum absolute atomic E-state index is 12.6. The summed E-state index contributed by atoms with van der Waals surface area (Å²) in [4.78, 5) is 46.7. The van der Waals surface area contributed by atoms with Crippen LogP contribution in [-0.4, -0.2) is 39.1 Å². The molecule has 4 rings (SSSR count). The first kappa shape index (κ1) is 17.8. The Kier molecular flexibility index (Phi) is 4.73. The summed E-state index contributed by atoms with van der Waals surface area (Å²) >= 11 is 1.34. The number of rotatable bonds is 5. The van der Waals surface area contributed by atoms with Crippen molar-refractivity contribution in [3.8, 4) is 11.3 Å². The van der Waals surface area contributed by atoms with Crippen molar-refractivity contribution in [3.05, 3.63) is 29.9 Å². The van der Waals surface area contributed by atoms with Crippen LogP contribution in [0, 0.1) is 5.41 Å². The first-order chi connectivity index (χ1) is 13.1. The van der Waals surface area contributed by atoms with Gasteiger partial charge in [-0.25, -0.2) is 4.98 Å². The number of thiazole rings is 1. The molecule has 1 aliphatic heterocycles. The van der Waals surface area contributed by atoms with Gasteiger partial charge in [-0.1, -0.05) is 12.8 Å². The average Bonchev–Trinajstić information content (AvgIpc) is 3.37. The van der Waals surface area contributed by atoms with Gasteiger partial charge < -0.3 is 5.32 Å². The maximum atomic E-state index is 12.6. The minimum absolute atomic E-state index is 0.0811. The molecule has 7 nitrogen and oxygen atoms in total. The number of hydrogen-bond donors (Lipinski definition) is 1. The van der Waals surface area contributed by atoms with Crippen LogP contribution in [0.5, 0.6) is 0 Å². The molecule has 140 valence electrons. The molecule has 1 N–H and O–H groups in total. The van der Waals surface area contributed by atoms with Gasteiger partial charge in [-0.3, -0.25) is 24.3 Å². The van der Waals surface area contributed by atoms with Crippen LogP contribution in [0.2, 0.25) is 0 Å². The molecule has 2 aliphatic rings. The Bertz CT molecular complexity index is 874. The van der Waals surface area contributed by atoms with Gasteiger partial charge in [0, 0.05) is 42.7 Å². The molecule has 1 spiro atoms. The lowest BCUT2D eigenvalue weighted by Gasteiger charge is -2.20. The zero-order chi connectivity index (χ0) is 18.9. The highest BCUT2D eigenvalue weighted by Gasteiger charge is 2.52. The number of carbonyl (C=O) groups is 3. The van der Waals surface area contributed by atoms with E-state index in [1.54, 1.807) is 12.4 Å². The van der Waals surface area contributed by atoms with Crippen molar-refractivity contribution < 1.29 is 14.4 Å². The van der Waals surface area contributed by atoms with E-state index in [1.165, 1.54) is 16.2 Å². The second-order valence-electron chi connectivity index (χ2n) is 7.09. The zero-order valence-corrected chi connectivity index (χ0v) is 15.6. The lowest BCUT2D eigenvalue weighted by Crippen LogP contribution is -2.36. The largest absolute Gasteiger partial charge is 0.302 e. The van der Waals surface area contributed by atoms with Gasteiger partial charge in [0.05, 0.1) is 11.1 Å². The zero-order valence-electron chi connectivity index (χ0n) is 14.8. The van der Waals surface area contributed by atoms with Crippen molar-refractivity contribution in [3.63, 3.8) is 0 Å². The third-order valence-electron chi connectivity index (χ3n) is 5.34. The summed E-state index contributed by atoms with van der Waals surface area (Å²) in [6.07, 6.45) is 7.33. The topological polar surface area (TPSA) is 92.3 Å². The number of nitrogens with zero attached hydrogens (tertiary/aromatic N) is 3. The van der Waals surface area contributed by atoms with Gasteiger partial charge in [0.1, 0.15) is 0 Å². The fraction of sp³-hybridized carbons (Fsp3) is 0.421. The third-order valence-corrected chi connectivity index (χ3v) is 6.10. The summed E-state index contributed by atoms with van der Waals surface area (Å²) in [5.41, 5.74) is 1.21. The molecule has 8 heteroatoms. The van der Waals surface area contributed by atoms with E-state index < -0.39 is 5.41 Å². The monoisotopic (exact) mass is 384 g/mol. The van der Waals surface area contributed by atoms with E-state index in [0.717, 1.165) is 36.9 Å². The highest BCUT2D eigenvalue weighted by Crippen LogP contribution is 2.46. The fourth-order valence-electron chi connectivity index (χ4n) is 3.91. The van der Waals surface area contributed by atoms with Crippen LogP contribution in [0.4, 0.5) is 5.13 Å². The Labute approximate surface area is 160 Å². The first-order valence-corrected chi connectivity index (χ1v) is 9.96. The number of hydrogen-bond acceptors (Lipinski definition) is 6. The van der Waals surface area contributed by atoms with Gasteiger partial charge in [0.15, 0.2) is 5.13 Å². The van der Waals surface area contributed by atoms with E-state index >= 15 is 0 Å². The van der Waals surface area contributed by atoms with Crippen LogP contribution in [-0.2, 0) is 14.4 Å². The average molecular weight is 384 g/mol. The van der Waals surface area contributed by atoms with Crippen LogP contribution >= 0.6 is 11.3 Å². The molecule has 3 amide bonds. The van der Waals surface area contributed by atoms with Gasteiger partial charge in [-0.15, -0.1) is 11.3 Å². The molecular formula is C19H20N4O3S. The van der Waals surface area contributed by atoms with Gasteiger partial charge in [0.25, 0.3) is 0 Å². The number of likely N-dealkylation sites (tertiary alicyclic amines) is 1. The summed E-state index contributed by atoms with van der Waals surface area (Å²) < 4.78 is 0. The SMILES string of the molecule is O=C(CCN1C(=O)CC2(CCCC2)C1=O)Nc1nc(-c2ccncc2)cs1. The molecule has 0 radical (unpaired) electrons. The number of amides is 3. The molecule has 1 saturated carbocycles. The van der Waals surface area contributed by atoms with Gasteiger partial charge in [0.2, 0.25) is 17.7 Å². The molecule has 27 heavy (non-hydrogen) atoms. The maximum Gasteiger partial charge on any atom is 0.235 e. The van der Waals surface area contributed by atoms with Crippen molar-refractivity contribution in [1.29, 1.82) is 0 Å². The predicted octanol–water partition coefficient (Wildman–Crippen LogP) is 2.85. The standard InChI is InChI=1S/C19H20N4O3S/c24-15(22-18-21-14(12-27-18)13-3-8-20-9-4-13)5-10-23-16(25)11-19(17(23)26)6-1-2-7-19/h3-4,8-9,12H,1-2,5-7,10-11H2,(H,21,22,24). The Morgan fingerprint density at radius 3 is 2.70 bits per heavy atom. The quantitative estimate of drug-likeness (QED) is 0.800. The van der Waals surface area contributed by atoms with E-state index in [1.807, 2.05) is 17.5 Å². The van der Waals surface area contributed by atoms with E-state index in [0.29, 0.717) is 11.6 Å².